The highest BCUT2D eigenvalue weighted by Crippen LogP contribution is 2.19. The molecule has 1 aromatic carbocycles. The molecule has 0 spiro atoms. The summed E-state index contributed by atoms with van der Waals surface area (Å²) < 4.78 is 5.81. The molecule has 0 aliphatic rings. The number of benzene rings is 1. The molecule has 1 unspecified atom stereocenters. The maximum Gasteiger partial charge on any atom is 0.122 e. The third kappa shape index (κ3) is 4.23. The van der Waals surface area contributed by atoms with Gasteiger partial charge in [-0.05, 0) is 32.0 Å². The molecule has 0 heterocycles. The van der Waals surface area contributed by atoms with Crippen LogP contribution >= 0.6 is 0 Å². The Morgan fingerprint density at radius 3 is 2.69 bits per heavy atom. The number of hydrogen-bond acceptors (Lipinski definition) is 2. The van der Waals surface area contributed by atoms with Crippen LogP contribution in [0.25, 0.3) is 0 Å². The molecule has 0 saturated heterocycles. The predicted octanol–water partition coefficient (Wildman–Crippen LogP) is 2.93. The van der Waals surface area contributed by atoms with Crippen LogP contribution < -0.4 is 10.1 Å². The highest BCUT2D eigenvalue weighted by molar-refractivity contribution is 5.35. The van der Waals surface area contributed by atoms with Gasteiger partial charge in [-0.1, -0.05) is 31.5 Å². The van der Waals surface area contributed by atoms with Crippen LogP contribution in [0.5, 0.6) is 5.75 Å². The summed E-state index contributed by atoms with van der Waals surface area (Å²) in [5.74, 6) is 1.55. The molecule has 1 N–H and O–H groups in total. The molecule has 1 atom stereocenters. The van der Waals surface area contributed by atoms with Crippen LogP contribution in [0.2, 0.25) is 0 Å². The zero-order valence-corrected chi connectivity index (χ0v) is 10.8. The smallest absolute Gasteiger partial charge is 0.122 e. The minimum absolute atomic E-state index is 0.542. The van der Waals surface area contributed by atoms with Crippen molar-refractivity contribution in [1.82, 2.24) is 5.32 Å². The van der Waals surface area contributed by atoms with E-state index in [1.165, 1.54) is 11.1 Å². The van der Waals surface area contributed by atoms with Gasteiger partial charge < -0.3 is 10.1 Å². The van der Waals surface area contributed by atoms with Gasteiger partial charge in [-0.25, -0.2) is 0 Å². The van der Waals surface area contributed by atoms with Crippen LogP contribution in [0.1, 0.15) is 25.0 Å². The SMILES string of the molecule is CCNCC(C)COc1ccc(C)cc1C. The van der Waals surface area contributed by atoms with Crippen molar-refractivity contribution in [1.29, 1.82) is 0 Å². The first-order valence-corrected chi connectivity index (χ1v) is 6.04. The Morgan fingerprint density at radius 2 is 2.06 bits per heavy atom. The Kier molecular flexibility index (Phi) is 5.33. The molecule has 2 heteroatoms. The minimum Gasteiger partial charge on any atom is -0.493 e. The number of aryl methyl sites for hydroxylation is 2. The highest BCUT2D eigenvalue weighted by atomic mass is 16.5. The lowest BCUT2D eigenvalue weighted by Crippen LogP contribution is -2.24. The fourth-order valence-corrected chi connectivity index (χ4v) is 1.64. The van der Waals surface area contributed by atoms with Crippen LogP contribution in [-0.4, -0.2) is 19.7 Å². The maximum atomic E-state index is 5.81. The second-order valence-corrected chi connectivity index (χ2v) is 4.49. The Morgan fingerprint density at radius 1 is 1.31 bits per heavy atom. The fraction of sp³-hybridized carbons (Fsp3) is 0.571. The predicted molar refractivity (Wildman–Crippen MR) is 69.1 cm³/mol. The molecular weight excluding hydrogens is 198 g/mol. The van der Waals surface area contributed by atoms with Crippen molar-refractivity contribution in [2.45, 2.75) is 27.7 Å². The molecule has 0 fully saturated rings. The minimum atomic E-state index is 0.542. The fourth-order valence-electron chi connectivity index (χ4n) is 1.64. The lowest BCUT2D eigenvalue weighted by molar-refractivity contribution is 0.255. The van der Waals surface area contributed by atoms with Crippen LogP contribution in [-0.2, 0) is 0 Å². The molecule has 2 nitrogen and oxygen atoms in total. The largest absolute Gasteiger partial charge is 0.493 e. The van der Waals surface area contributed by atoms with E-state index >= 15 is 0 Å². The van der Waals surface area contributed by atoms with Crippen LogP contribution in [0, 0.1) is 19.8 Å². The second kappa shape index (κ2) is 6.54. The molecule has 0 aliphatic heterocycles. The van der Waals surface area contributed by atoms with Gasteiger partial charge in [-0.3, -0.25) is 0 Å². The van der Waals surface area contributed by atoms with Crippen molar-refractivity contribution in [3.63, 3.8) is 0 Å². The van der Waals surface area contributed by atoms with E-state index in [0.717, 1.165) is 25.4 Å². The van der Waals surface area contributed by atoms with E-state index in [1.807, 2.05) is 0 Å². The van der Waals surface area contributed by atoms with Crippen LogP contribution in [0.15, 0.2) is 18.2 Å². The van der Waals surface area contributed by atoms with Gasteiger partial charge in [0.25, 0.3) is 0 Å². The summed E-state index contributed by atoms with van der Waals surface area (Å²) in [6.07, 6.45) is 0. The van der Waals surface area contributed by atoms with Gasteiger partial charge in [-0.2, -0.15) is 0 Å². The molecule has 0 aromatic heterocycles. The van der Waals surface area contributed by atoms with Crippen LogP contribution in [0.3, 0.4) is 0 Å². The summed E-state index contributed by atoms with van der Waals surface area (Å²) in [4.78, 5) is 0. The first-order chi connectivity index (χ1) is 7.63. The normalized spacial score (nSPS) is 12.5. The second-order valence-electron chi connectivity index (χ2n) is 4.49. The van der Waals surface area contributed by atoms with E-state index < -0.39 is 0 Å². The maximum absolute atomic E-state index is 5.81. The van der Waals surface area contributed by atoms with Gasteiger partial charge in [-0.15, -0.1) is 0 Å². The average Bonchev–Trinajstić information content (AvgIpc) is 2.25. The van der Waals surface area contributed by atoms with Crippen molar-refractivity contribution in [3.05, 3.63) is 29.3 Å². The molecule has 1 aromatic rings. The van der Waals surface area contributed by atoms with Gasteiger partial charge >= 0.3 is 0 Å². The number of nitrogens with one attached hydrogen (secondary N) is 1. The van der Waals surface area contributed by atoms with Crippen molar-refractivity contribution < 1.29 is 4.74 Å². The third-order valence-electron chi connectivity index (χ3n) is 2.60. The zero-order chi connectivity index (χ0) is 12.0. The summed E-state index contributed by atoms with van der Waals surface area (Å²) in [7, 11) is 0. The van der Waals surface area contributed by atoms with Gasteiger partial charge in [0.15, 0.2) is 0 Å². The highest BCUT2D eigenvalue weighted by Gasteiger charge is 2.04. The number of hydrogen-bond donors (Lipinski definition) is 1. The standard InChI is InChI=1S/C14H23NO/c1-5-15-9-12(3)10-16-14-7-6-11(2)8-13(14)4/h6-8,12,15H,5,9-10H2,1-4H3. The Balaban J connectivity index is 2.42. The summed E-state index contributed by atoms with van der Waals surface area (Å²) in [5.41, 5.74) is 2.50. The molecule has 1 rings (SSSR count). The van der Waals surface area contributed by atoms with Gasteiger partial charge in [0.1, 0.15) is 5.75 Å². The van der Waals surface area contributed by atoms with E-state index in [2.05, 4.69) is 51.2 Å². The molecule has 0 bridgehead atoms. The lowest BCUT2D eigenvalue weighted by Gasteiger charge is -2.15. The topological polar surface area (TPSA) is 21.3 Å². The van der Waals surface area contributed by atoms with Crippen molar-refractivity contribution in [2.75, 3.05) is 19.7 Å². The van der Waals surface area contributed by atoms with Crippen molar-refractivity contribution >= 4 is 0 Å². The Labute approximate surface area is 99.0 Å². The first-order valence-electron chi connectivity index (χ1n) is 6.04. The van der Waals surface area contributed by atoms with E-state index in [4.69, 9.17) is 4.74 Å². The molecular formula is C14H23NO. The molecule has 16 heavy (non-hydrogen) atoms. The number of ether oxygens (including phenoxy) is 1. The van der Waals surface area contributed by atoms with Crippen LogP contribution in [0.4, 0.5) is 0 Å². The molecule has 0 aliphatic carbocycles. The Bertz CT molecular complexity index is 323. The van der Waals surface area contributed by atoms with Gasteiger partial charge in [0.2, 0.25) is 0 Å². The molecule has 0 radical (unpaired) electrons. The van der Waals surface area contributed by atoms with Crippen molar-refractivity contribution in [3.8, 4) is 5.75 Å². The summed E-state index contributed by atoms with van der Waals surface area (Å²) in [5, 5.41) is 3.33. The zero-order valence-electron chi connectivity index (χ0n) is 10.8. The van der Waals surface area contributed by atoms with E-state index in [9.17, 15) is 0 Å². The lowest BCUT2D eigenvalue weighted by atomic mass is 10.1. The summed E-state index contributed by atoms with van der Waals surface area (Å²) in [6, 6.07) is 6.31. The Hall–Kier alpha value is -1.02. The third-order valence-corrected chi connectivity index (χ3v) is 2.60. The number of rotatable bonds is 6. The van der Waals surface area contributed by atoms with Crippen molar-refractivity contribution in [2.24, 2.45) is 5.92 Å². The molecule has 90 valence electrons. The monoisotopic (exact) mass is 221 g/mol. The average molecular weight is 221 g/mol. The van der Waals surface area contributed by atoms with Gasteiger partial charge in [0.05, 0.1) is 6.61 Å². The summed E-state index contributed by atoms with van der Waals surface area (Å²) in [6.45, 7) is 11.3. The van der Waals surface area contributed by atoms with E-state index in [0.29, 0.717) is 5.92 Å². The molecule has 0 saturated carbocycles. The first kappa shape index (κ1) is 13.0. The van der Waals surface area contributed by atoms with E-state index in [1.54, 1.807) is 0 Å². The van der Waals surface area contributed by atoms with E-state index in [-0.39, 0.29) is 0 Å². The quantitative estimate of drug-likeness (QED) is 0.797. The van der Waals surface area contributed by atoms with Gasteiger partial charge in [0, 0.05) is 12.5 Å². The summed E-state index contributed by atoms with van der Waals surface area (Å²) >= 11 is 0. The molecule has 0 amide bonds.